The molecule has 0 amide bonds. The van der Waals surface area contributed by atoms with Crippen LogP contribution in [0.2, 0.25) is 0 Å². The maximum Gasteiger partial charge on any atom is 0.168 e. The summed E-state index contributed by atoms with van der Waals surface area (Å²) in [6, 6.07) is 0. The molecule has 0 aromatic rings. The lowest BCUT2D eigenvalue weighted by atomic mass is 9.23. The van der Waals surface area contributed by atoms with Crippen LogP contribution in [0, 0.1) is 34.5 Å². The van der Waals surface area contributed by atoms with Gasteiger partial charge in [-0.1, -0.05) is 6.42 Å². The van der Waals surface area contributed by atoms with Crippen LogP contribution >= 0.6 is 46.4 Å². The molecule has 4 atom stereocenters. The maximum atomic E-state index is 6.51. The van der Waals surface area contributed by atoms with E-state index in [9.17, 15) is 0 Å². The summed E-state index contributed by atoms with van der Waals surface area (Å²) in [6.45, 7) is 1.39. The average molecular weight is 416 g/mol. The minimum absolute atomic E-state index is 0.00341. The number of halogens is 4. The van der Waals surface area contributed by atoms with Crippen LogP contribution in [0.1, 0.15) is 32.1 Å². The van der Waals surface area contributed by atoms with Crippen LogP contribution in [-0.4, -0.2) is 42.5 Å². The molecule has 6 heteroatoms. The van der Waals surface area contributed by atoms with Crippen molar-refractivity contribution in [3.8, 4) is 0 Å². The zero-order valence-corrected chi connectivity index (χ0v) is 16.9. The minimum atomic E-state index is -0.401. The van der Waals surface area contributed by atoms with E-state index in [-0.39, 0.29) is 10.8 Å². The number of ether oxygens (including phenoxy) is 2. The molecule has 24 heavy (non-hydrogen) atoms. The van der Waals surface area contributed by atoms with Crippen LogP contribution in [-0.2, 0) is 9.47 Å². The molecule has 1 heterocycles. The molecule has 3 aliphatic carbocycles. The monoisotopic (exact) mass is 414 g/mol. The van der Waals surface area contributed by atoms with E-state index in [1.54, 1.807) is 0 Å². The number of rotatable bonds is 4. The average Bonchev–Trinajstić information content (AvgIpc) is 2.68. The van der Waals surface area contributed by atoms with Gasteiger partial charge in [0, 0.05) is 47.2 Å². The Morgan fingerprint density at radius 1 is 0.625 bits per heavy atom. The van der Waals surface area contributed by atoms with Gasteiger partial charge in [0.15, 0.2) is 5.79 Å². The van der Waals surface area contributed by atoms with E-state index in [0.717, 1.165) is 12.8 Å². The third-order valence-corrected chi connectivity index (χ3v) is 9.24. The molecule has 0 aromatic heterocycles. The van der Waals surface area contributed by atoms with E-state index in [1.165, 1.54) is 19.3 Å². The molecule has 0 unspecified atom stereocenters. The van der Waals surface area contributed by atoms with Gasteiger partial charge >= 0.3 is 0 Å². The van der Waals surface area contributed by atoms with Crippen LogP contribution in [0.5, 0.6) is 0 Å². The zero-order chi connectivity index (χ0) is 17.0. The van der Waals surface area contributed by atoms with Gasteiger partial charge < -0.3 is 9.47 Å². The molecule has 4 fully saturated rings. The summed E-state index contributed by atoms with van der Waals surface area (Å²) >= 11 is 25.6. The first kappa shape index (κ1) is 18.4. The lowest BCUT2D eigenvalue weighted by Gasteiger charge is -2.82. The summed E-state index contributed by atoms with van der Waals surface area (Å²) in [4.78, 5) is 0. The van der Waals surface area contributed by atoms with E-state index >= 15 is 0 Å². The highest BCUT2D eigenvalue weighted by Crippen LogP contribution is 2.82. The molecule has 3 saturated carbocycles. The second-order valence-electron chi connectivity index (χ2n) is 8.17. The lowest BCUT2D eigenvalue weighted by Crippen LogP contribution is -2.84. The molecular formula is C18H26Cl4O2. The molecule has 0 bridgehead atoms. The highest BCUT2D eigenvalue weighted by atomic mass is 35.5. The number of hydrogen-bond acceptors (Lipinski definition) is 2. The summed E-state index contributed by atoms with van der Waals surface area (Å²) in [5.41, 5.74) is -0.00682. The molecular weight excluding hydrogens is 390 g/mol. The molecule has 4 rings (SSSR count). The summed E-state index contributed by atoms with van der Waals surface area (Å²) in [5.74, 6) is 3.43. The highest BCUT2D eigenvalue weighted by Gasteiger charge is 2.84. The summed E-state index contributed by atoms with van der Waals surface area (Å²) < 4.78 is 13.0. The maximum absolute atomic E-state index is 6.51. The van der Waals surface area contributed by atoms with E-state index in [1.807, 2.05) is 0 Å². The standard InChI is InChI=1S/C18H26Cl4O2/c19-6-12-13(7-20)18-11-24-16(4-2-1-3-5-16)23-10-17(12,18)14(8-21)15(18)9-22/h12-15H,1-11H2/t12-,13-,14-,15-,17?,18?/m0/s1. The third kappa shape index (κ3) is 2.05. The molecule has 0 aromatic carbocycles. The van der Waals surface area contributed by atoms with Crippen molar-refractivity contribution in [3.63, 3.8) is 0 Å². The van der Waals surface area contributed by atoms with Crippen LogP contribution in [0.15, 0.2) is 0 Å². The van der Waals surface area contributed by atoms with Gasteiger partial charge in [-0.3, -0.25) is 0 Å². The summed E-state index contributed by atoms with van der Waals surface area (Å²) in [6.07, 6.45) is 5.61. The fourth-order valence-corrected chi connectivity index (χ4v) is 8.74. The van der Waals surface area contributed by atoms with Crippen molar-refractivity contribution in [1.82, 2.24) is 0 Å². The van der Waals surface area contributed by atoms with Crippen molar-refractivity contribution < 1.29 is 9.47 Å². The fraction of sp³-hybridized carbons (Fsp3) is 1.00. The van der Waals surface area contributed by atoms with Gasteiger partial charge in [-0.05, 0) is 36.5 Å². The quantitative estimate of drug-likeness (QED) is 0.593. The molecule has 0 N–H and O–H groups in total. The molecule has 0 radical (unpaired) electrons. The smallest absolute Gasteiger partial charge is 0.168 e. The normalized spacial score (nSPS) is 49.5. The largest absolute Gasteiger partial charge is 0.349 e. The Labute approximate surface area is 164 Å². The Hall–Kier alpha value is 1.08. The van der Waals surface area contributed by atoms with Crippen molar-refractivity contribution in [1.29, 1.82) is 0 Å². The van der Waals surface area contributed by atoms with Crippen molar-refractivity contribution in [2.24, 2.45) is 34.5 Å². The first-order chi connectivity index (χ1) is 11.7. The summed E-state index contributed by atoms with van der Waals surface area (Å²) in [5, 5.41) is 0. The Morgan fingerprint density at radius 2 is 1.00 bits per heavy atom. The number of alkyl halides is 4. The third-order valence-electron chi connectivity index (χ3n) is 7.91. The molecule has 1 saturated heterocycles. The Morgan fingerprint density at radius 3 is 1.33 bits per heavy atom. The van der Waals surface area contributed by atoms with Crippen LogP contribution in [0.3, 0.4) is 0 Å². The molecule has 2 nitrogen and oxygen atoms in total. The van der Waals surface area contributed by atoms with Crippen molar-refractivity contribution in [2.45, 2.75) is 37.9 Å². The molecule has 1 aliphatic heterocycles. The lowest BCUT2D eigenvalue weighted by molar-refractivity contribution is -0.356. The van der Waals surface area contributed by atoms with Gasteiger partial charge in [0.25, 0.3) is 0 Å². The van der Waals surface area contributed by atoms with Gasteiger partial charge in [-0.2, -0.15) is 0 Å². The first-order valence-electron chi connectivity index (χ1n) is 9.17. The van der Waals surface area contributed by atoms with E-state index in [0.29, 0.717) is 60.4 Å². The van der Waals surface area contributed by atoms with Crippen molar-refractivity contribution in [3.05, 3.63) is 0 Å². The van der Waals surface area contributed by atoms with E-state index in [4.69, 9.17) is 55.9 Å². The van der Waals surface area contributed by atoms with Crippen molar-refractivity contribution >= 4 is 46.4 Å². The minimum Gasteiger partial charge on any atom is -0.349 e. The van der Waals surface area contributed by atoms with Gasteiger partial charge in [0.2, 0.25) is 0 Å². The topological polar surface area (TPSA) is 18.5 Å². The molecule has 1 spiro atoms. The Balaban J connectivity index is 1.71. The Kier molecular flexibility index (Phi) is 5.07. The second-order valence-corrected chi connectivity index (χ2v) is 9.41. The highest BCUT2D eigenvalue weighted by molar-refractivity contribution is 6.20. The van der Waals surface area contributed by atoms with E-state index < -0.39 is 5.79 Å². The van der Waals surface area contributed by atoms with Gasteiger partial charge in [-0.15, -0.1) is 46.4 Å². The van der Waals surface area contributed by atoms with Crippen molar-refractivity contribution in [2.75, 3.05) is 36.7 Å². The van der Waals surface area contributed by atoms with Gasteiger partial charge in [0.1, 0.15) is 0 Å². The second kappa shape index (κ2) is 6.60. The number of hydrogen-bond donors (Lipinski definition) is 0. The molecule has 4 aliphatic rings. The fourth-order valence-electron chi connectivity index (χ4n) is 6.77. The van der Waals surface area contributed by atoms with Gasteiger partial charge in [0.05, 0.1) is 13.2 Å². The SMILES string of the molecule is ClC[C@H]1[C@H](CCl)C23COC4(CCCCC4)OCC12[C@@H](CCl)[C@@H]3CCl. The first-order valence-corrected chi connectivity index (χ1v) is 11.3. The van der Waals surface area contributed by atoms with E-state index in [2.05, 4.69) is 0 Å². The predicted molar refractivity (Wildman–Crippen MR) is 99.4 cm³/mol. The zero-order valence-electron chi connectivity index (χ0n) is 13.9. The van der Waals surface area contributed by atoms with Gasteiger partial charge in [-0.25, -0.2) is 0 Å². The Bertz CT molecular complexity index is 424. The van der Waals surface area contributed by atoms with Crippen LogP contribution < -0.4 is 0 Å². The van der Waals surface area contributed by atoms with Crippen LogP contribution in [0.4, 0.5) is 0 Å². The predicted octanol–water partition coefficient (Wildman–Crippen LogP) is 5.11. The van der Waals surface area contributed by atoms with Crippen LogP contribution in [0.25, 0.3) is 0 Å². The molecule has 138 valence electrons. The summed E-state index contributed by atoms with van der Waals surface area (Å²) in [7, 11) is 0.